The Hall–Kier alpha value is -5.50. The second-order valence-electron chi connectivity index (χ2n) is 24.5. The van der Waals surface area contributed by atoms with Crippen molar-refractivity contribution in [2.24, 2.45) is 0 Å². The Balaban J connectivity index is 0.000000630. The average molecular weight is 1380 g/mol. The molecule has 3 aliphatic rings. The second-order valence-corrected chi connectivity index (χ2v) is 28.8. The van der Waals surface area contributed by atoms with Crippen LogP contribution in [-0.2, 0) is 73.8 Å². The quantitative estimate of drug-likeness (QED) is 0.0100. The van der Waals surface area contributed by atoms with Crippen molar-refractivity contribution >= 4 is 83.8 Å². The third-order valence-corrected chi connectivity index (χ3v) is 15.9. The van der Waals surface area contributed by atoms with E-state index in [0.29, 0.717) is 64.5 Å². The summed E-state index contributed by atoms with van der Waals surface area (Å²) in [5.74, 6) is -9.95. The first kappa shape index (κ1) is 85.5. The predicted molar refractivity (Wildman–Crippen MR) is 355 cm³/mol. The number of carbonyl (C=O) groups is 9. The molecule has 24 heteroatoms. The molecule has 3 aliphatic heterocycles. The Kier molecular flexibility index (Phi) is 43.6. The molecule has 0 bridgehead atoms. The lowest BCUT2D eigenvalue weighted by atomic mass is 9.98. The fraction of sp³-hybridized carbons (Fsp3) is 0.667. The maximum absolute atomic E-state index is 14.4. The highest BCUT2D eigenvalue weighted by Crippen LogP contribution is 2.40. The van der Waals surface area contributed by atoms with Gasteiger partial charge < -0.3 is 43.4 Å². The summed E-state index contributed by atoms with van der Waals surface area (Å²) in [6.45, 7) is 15.6. The smallest absolute Gasteiger partial charge is 0.334 e. The minimum Gasteiger partial charge on any atom is -0.463 e. The number of amides is 3. The molecule has 3 fully saturated rings. The molecule has 0 radical (unpaired) electrons. The number of aliphatic hydroxyl groups is 1. The lowest BCUT2D eigenvalue weighted by Gasteiger charge is -2.34. The normalized spacial score (nSPS) is 16.9. The molecule has 5 rings (SSSR count). The third-order valence-electron chi connectivity index (χ3n) is 14.9. The van der Waals surface area contributed by atoms with Crippen molar-refractivity contribution in [1.82, 2.24) is 14.7 Å². The van der Waals surface area contributed by atoms with Crippen LogP contribution in [-0.4, -0.2) is 161 Å². The lowest BCUT2D eigenvalue weighted by Crippen LogP contribution is -2.45. The van der Waals surface area contributed by atoms with Crippen LogP contribution in [0.25, 0.3) is 0 Å². The summed E-state index contributed by atoms with van der Waals surface area (Å²) < 4.78 is 82.6. The minimum absolute atomic E-state index is 0.00673. The zero-order valence-electron chi connectivity index (χ0n) is 56.0. The highest BCUT2D eigenvalue weighted by atomic mass is 35.5. The first-order valence-corrected chi connectivity index (χ1v) is 36.6. The van der Waals surface area contributed by atoms with Gasteiger partial charge in [-0.05, 0) is 138 Å². The van der Waals surface area contributed by atoms with E-state index in [1.165, 1.54) is 67.9 Å². The number of hydrogen-bond acceptors (Lipinski definition) is 14. The number of unbranched alkanes of at least 4 members (excludes halogenated alkanes) is 9. The summed E-state index contributed by atoms with van der Waals surface area (Å²) in [4.78, 5) is 110. The second kappa shape index (κ2) is 47.4. The van der Waals surface area contributed by atoms with Gasteiger partial charge in [0.25, 0.3) is 0 Å². The van der Waals surface area contributed by atoms with Crippen LogP contribution in [0.2, 0.25) is 0 Å². The zero-order valence-corrected chi connectivity index (χ0v) is 58.4. The number of aldehydes is 1. The molecule has 0 aliphatic carbocycles. The lowest BCUT2D eigenvalue weighted by molar-refractivity contribution is -0.148. The van der Waals surface area contributed by atoms with Crippen LogP contribution in [0.3, 0.4) is 0 Å². The average Bonchev–Trinajstić information content (AvgIpc) is 2.44. The van der Waals surface area contributed by atoms with Crippen LogP contribution in [0.1, 0.15) is 207 Å². The summed E-state index contributed by atoms with van der Waals surface area (Å²) in [6, 6.07) is 13.3. The number of alkyl halides is 6. The number of carbonyl (C=O) groups excluding carboxylic acids is 9. The van der Waals surface area contributed by atoms with Crippen LogP contribution in [0.15, 0.2) is 72.8 Å². The van der Waals surface area contributed by atoms with Crippen molar-refractivity contribution in [3.8, 4) is 0 Å². The van der Waals surface area contributed by atoms with Gasteiger partial charge in [-0.25, -0.2) is 0 Å². The number of allylic oxidation sites excluding steroid dienone is 1. The third kappa shape index (κ3) is 36.8. The molecule has 0 spiro atoms. The molecule has 3 saturated heterocycles. The molecule has 3 atom stereocenters. The minimum atomic E-state index is -3.60. The summed E-state index contributed by atoms with van der Waals surface area (Å²) in [5, 5.41) is 9.50. The number of halogens is 6. The number of esters is 3. The van der Waals surface area contributed by atoms with E-state index in [-0.39, 0.29) is 95.1 Å². The molecule has 3 amide bonds. The first-order valence-electron chi connectivity index (χ1n) is 32.8. The van der Waals surface area contributed by atoms with E-state index in [0.717, 1.165) is 122 Å². The van der Waals surface area contributed by atoms with Crippen LogP contribution < -0.4 is 0 Å². The van der Waals surface area contributed by atoms with Crippen molar-refractivity contribution in [1.29, 1.82) is 0 Å². The van der Waals surface area contributed by atoms with E-state index < -0.39 is 36.7 Å². The Morgan fingerprint density at radius 3 is 1.28 bits per heavy atom. The zero-order chi connectivity index (χ0) is 70.0. The molecule has 3 heterocycles. The molecule has 0 unspecified atom stereocenters. The number of hydrogen-bond donors (Lipinski definition) is 1. The molecular formula is C69H104Cl2F4N3O14P. The first-order chi connectivity index (χ1) is 43.9. The van der Waals surface area contributed by atoms with Gasteiger partial charge in [0.05, 0.1) is 61.7 Å². The number of aliphatic hydroxyl groups excluding tert-OH is 1. The SMILES string of the molecule is CC(C)OC(=O)CCCCCCN1C(=O)CCC[C@@H]1/C=C/C(=O)C(F)(F)c1ccccc1.CC(C)OC(=O)CCCCCCN1C(=O)CCC[C@@H]1C=O.CC(C)OC(=O)CCCCCCN1C(=O)CCC[C@@H]1CO.CP(C)(=O)CC(=O)C(F)(F)c1ccccc1.ClCCl. The van der Waals surface area contributed by atoms with E-state index in [4.69, 9.17) is 37.4 Å². The van der Waals surface area contributed by atoms with Gasteiger partial charge in [0, 0.05) is 69.3 Å². The summed E-state index contributed by atoms with van der Waals surface area (Å²) in [7, 11) is -2.77. The highest BCUT2D eigenvalue weighted by Gasteiger charge is 2.42. The summed E-state index contributed by atoms with van der Waals surface area (Å²) in [5.41, 5.74) is -0.697. The van der Waals surface area contributed by atoms with E-state index in [1.807, 2.05) is 46.4 Å². The van der Waals surface area contributed by atoms with Gasteiger partial charge in [-0.2, -0.15) is 17.6 Å². The molecule has 526 valence electrons. The fourth-order valence-corrected chi connectivity index (χ4v) is 11.2. The summed E-state index contributed by atoms with van der Waals surface area (Å²) >= 11 is 9.53. The number of ketones is 2. The standard InChI is InChI=1S/C25H33F2NO4.C16H29NO4.C16H27NO4.C11H13F2O2P.CH2Cl2/c1-19(2)32-24(31)15-8-3-4-9-18-28-21(13-10-14-23(28)30)16-17-22(29)25(26,27)20-11-6-5-7-12-20;2*1-13(2)21-16(20)10-5-3-4-6-11-17-14(12-18)8-7-9-15(17)19;1-16(2,15)8-10(14)11(12,13)9-6-4-3-5-7-9;2-1-3/h5-7,11-12,16-17,19,21H,3-4,8-10,13-15,18H2,1-2H3;13-14,18H,3-12H2,1-2H3;12-14H,3-11H2,1-2H3;3-7H,8H2,1-2H3;1H2/b17-16+;;;;/t21-;2*14-;;/m111../s1. The predicted octanol–water partition coefficient (Wildman–Crippen LogP) is 14.3. The molecule has 1 N–H and O–H groups in total. The van der Waals surface area contributed by atoms with Gasteiger partial charge in [-0.1, -0.05) is 105 Å². The maximum atomic E-state index is 14.4. The Morgan fingerprint density at radius 1 is 0.559 bits per heavy atom. The van der Waals surface area contributed by atoms with Crippen molar-refractivity contribution in [3.63, 3.8) is 0 Å². The highest BCUT2D eigenvalue weighted by molar-refractivity contribution is 7.63. The molecule has 17 nitrogen and oxygen atoms in total. The van der Waals surface area contributed by atoms with Crippen LogP contribution in [0, 0.1) is 0 Å². The molecule has 0 aromatic heterocycles. The van der Waals surface area contributed by atoms with Crippen LogP contribution in [0.4, 0.5) is 17.6 Å². The monoisotopic (exact) mass is 1380 g/mol. The van der Waals surface area contributed by atoms with Crippen molar-refractivity contribution < 1.29 is 84.6 Å². The van der Waals surface area contributed by atoms with Crippen molar-refractivity contribution in [3.05, 3.63) is 83.9 Å². The van der Waals surface area contributed by atoms with Gasteiger partial charge in [0.1, 0.15) is 6.29 Å². The van der Waals surface area contributed by atoms with E-state index >= 15 is 0 Å². The number of benzene rings is 2. The summed E-state index contributed by atoms with van der Waals surface area (Å²) in [6.07, 6.45) is 20.6. The van der Waals surface area contributed by atoms with Gasteiger partial charge in [0.15, 0.2) is 0 Å². The number of nitrogens with zero attached hydrogens (tertiary/aromatic N) is 3. The number of ether oxygens (including phenoxy) is 3. The van der Waals surface area contributed by atoms with Crippen LogP contribution in [0.5, 0.6) is 0 Å². The molecule has 2 aromatic carbocycles. The van der Waals surface area contributed by atoms with E-state index in [9.17, 15) is 70.4 Å². The molecule has 0 saturated carbocycles. The Morgan fingerprint density at radius 2 is 0.903 bits per heavy atom. The number of rotatable bonds is 34. The molecule has 2 aromatic rings. The van der Waals surface area contributed by atoms with E-state index in [2.05, 4.69) is 0 Å². The number of likely N-dealkylation sites (tertiary alicyclic amines) is 3. The van der Waals surface area contributed by atoms with Crippen molar-refractivity contribution in [2.45, 2.75) is 244 Å². The van der Waals surface area contributed by atoms with Gasteiger partial charge in [0.2, 0.25) is 29.3 Å². The maximum Gasteiger partial charge on any atom is 0.334 e. The van der Waals surface area contributed by atoms with Gasteiger partial charge in [-0.3, -0.25) is 38.4 Å². The topological polar surface area (TPSA) is 228 Å². The van der Waals surface area contributed by atoms with Crippen molar-refractivity contribution in [2.75, 3.05) is 51.1 Å². The molecular weight excluding hydrogens is 1270 g/mol. The van der Waals surface area contributed by atoms with Gasteiger partial charge >= 0.3 is 29.8 Å². The number of piperidine rings is 3. The van der Waals surface area contributed by atoms with Crippen LogP contribution >= 0.6 is 30.3 Å². The Labute approximate surface area is 559 Å². The Bertz CT molecular complexity index is 2610. The molecule has 93 heavy (non-hydrogen) atoms. The van der Waals surface area contributed by atoms with Gasteiger partial charge in [-0.15, -0.1) is 23.2 Å². The largest absolute Gasteiger partial charge is 0.463 e. The number of Topliss-reactive ketones (excluding diaryl/α,β-unsaturated/α-hetero) is 1. The van der Waals surface area contributed by atoms with E-state index in [1.54, 1.807) is 21.9 Å². The fourth-order valence-electron chi connectivity index (χ4n) is 10.3.